The normalized spacial score (nSPS) is 16.4. The average molecular weight is 187 g/mol. The second-order valence-corrected chi connectivity index (χ2v) is 4.09. The number of imidazole rings is 1. The van der Waals surface area contributed by atoms with Crippen LogP contribution in [0.5, 0.6) is 0 Å². The smallest absolute Gasteiger partial charge is 0.149 e. The highest BCUT2D eigenvalue weighted by molar-refractivity contribution is 5.67. The Kier molecular flexibility index (Phi) is 1.40. The molecule has 0 saturated heterocycles. The highest BCUT2D eigenvalue weighted by atomic mass is 15.1. The molecular weight excluding hydrogens is 174 g/mol. The van der Waals surface area contributed by atoms with Crippen molar-refractivity contribution in [3.63, 3.8) is 0 Å². The van der Waals surface area contributed by atoms with Gasteiger partial charge in [0.2, 0.25) is 0 Å². The molecule has 3 rings (SSSR count). The van der Waals surface area contributed by atoms with Crippen molar-refractivity contribution in [3.8, 4) is 0 Å². The zero-order valence-electron chi connectivity index (χ0n) is 8.20. The first-order valence-electron chi connectivity index (χ1n) is 5.00. The zero-order valence-corrected chi connectivity index (χ0v) is 8.20. The van der Waals surface area contributed by atoms with Gasteiger partial charge >= 0.3 is 0 Å². The second kappa shape index (κ2) is 2.50. The van der Waals surface area contributed by atoms with Crippen LogP contribution in [0.1, 0.15) is 30.1 Å². The summed E-state index contributed by atoms with van der Waals surface area (Å²) in [5.41, 5.74) is 8.16. The van der Waals surface area contributed by atoms with Crippen LogP contribution < -0.4 is 5.73 Å². The number of aryl methyl sites for hydroxylation is 1. The van der Waals surface area contributed by atoms with Crippen molar-refractivity contribution in [1.29, 1.82) is 0 Å². The van der Waals surface area contributed by atoms with Crippen molar-refractivity contribution in [3.05, 3.63) is 29.7 Å². The van der Waals surface area contributed by atoms with Crippen LogP contribution in [-0.2, 0) is 0 Å². The van der Waals surface area contributed by atoms with Crippen molar-refractivity contribution >= 4 is 11.3 Å². The van der Waals surface area contributed by atoms with Crippen molar-refractivity contribution in [2.45, 2.75) is 25.7 Å². The highest BCUT2D eigenvalue weighted by Crippen LogP contribution is 2.40. The Morgan fingerprint density at radius 1 is 1.50 bits per heavy atom. The summed E-state index contributed by atoms with van der Waals surface area (Å²) in [4.78, 5) is 4.43. The van der Waals surface area contributed by atoms with Crippen LogP contribution in [0, 0.1) is 6.92 Å². The minimum Gasteiger partial charge on any atom is -0.382 e. The molecule has 2 aromatic rings. The number of aromatic nitrogens is 2. The Morgan fingerprint density at radius 2 is 2.29 bits per heavy atom. The van der Waals surface area contributed by atoms with Crippen molar-refractivity contribution in [2.75, 3.05) is 5.73 Å². The number of hydrogen-bond acceptors (Lipinski definition) is 2. The van der Waals surface area contributed by atoms with E-state index in [1.165, 1.54) is 18.4 Å². The van der Waals surface area contributed by atoms with E-state index in [2.05, 4.69) is 34.6 Å². The molecule has 14 heavy (non-hydrogen) atoms. The molecule has 3 heteroatoms. The van der Waals surface area contributed by atoms with Crippen LogP contribution in [0.3, 0.4) is 0 Å². The third-order valence-corrected chi connectivity index (χ3v) is 2.80. The quantitative estimate of drug-likeness (QED) is 0.743. The first-order valence-corrected chi connectivity index (χ1v) is 5.00. The molecule has 0 atom stereocenters. The van der Waals surface area contributed by atoms with E-state index in [9.17, 15) is 0 Å². The number of anilines is 1. The molecule has 1 aliphatic carbocycles. The molecule has 1 fully saturated rings. The Labute approximate surface area is 82.6 Å². The minimum absolute atomic E-state index is 0.641. The molecule has 0 bridgehead atoms. The van der Waals surface area contributed by atoms with E-state index in [0.29, 0.717) is 11.7 Å². The van der Waals surface area contributed by atoms with Gasteiger partial charge in [-0.1, -0.05) is 0 Å². The molecule has 0 spiro atoms. The van der Waals surface area contributed by atoms with Crippen LogP contribution in [0.4, 0.5) is 5.82 Å². The van der Waals surface area contributed by atoms with Crippen LogP contribution >= 0.6 is 0 Å². The Morgan fingerprint density at radius 3 is 3.00 bits per heavy atom. The predicted molar refractivity (Wildman–Crippen MR) is 56.3 cm³/mol. The summed E-state index contributed by atoms with van der Waals surface area (Å²) >= 11 is 0. The largest absolute Gasteiger partial charge is 0.382 e. The van der Waals surface area contributed by atoms with Crippen molar-refractivity contribution in [2.24, 2.45) is 0 Å². The molecule has 2 heterocycles. The van der Waals surface area contributed by atoms with Gasteiger partial charge in [0, 0.05) is 12.1 Å². The number of nitrogens with zero attached hydrogens (tertiary/aromatic N) is 2. The summed E-state index contributed by atoms with van der Waals surface area (Å²) < 4.78 is 2.12. The third kappa shape index (κ3) is 1.02. The van der Waals surface area contributed by atoms with Crippen molar-refractivity contribution < 1.29 is 0 Å². The van der Waals surface area contributed by atoms with Crippen LogP contribution in [0.25, 0.3) is 5.52 Å². The molecule has 2 aromatic heterocycles. The summed E-state index contributed by atoms with van der Waals surface area (Å²) in [6, 6.07) is 4.19. The molecule has 3 nitrogen and oxygen atoms in total. The van der Waals surface area contributed by atoms with Gasteiger partial charge in [0.15, 0.2) is 0 Å². The molecule has 1 aliphatic rings. The maximum Gasteiger partial charge on any atom is 0.149 e. The molecule has 0 radical (unpaired) electrons. The Bertz CT molecular complexity index is 494. The summed E-state index contributed by atoms with van der Waals surface area (Å²) in [5.74, 6) is 2.44. The topological polar surface area (TPSA) is 43.3 Å². The van der Waals surface area contributed by atoms with E-state index >= 15 is 0 Å². The fraction of sp³-hybridized carbons (Fsp3) is 0.364. The Balaban J connectivity index is 2.32. The minimum atomic E-state index is 0.641. The summed E-state index contributed by atoms with van der Waals surface area (Å²) in [5, 5.41) is 0. The molecule has 0 amide bonds. The highest BCUT2D eigenvalue weighted by Gasteiger charge is 2.28. The van der Waals surface area contributed by atoms with Crippen LogP contribution in [-0.4, -0.2) is 9.38 Å². The number of pyridine rings is 1. The predicted octanol–water partition coefficient (Wildman–Crippen LogP) is 2.10. The number of nitrogen functional groups attached to an aromatic ring is 1. The number of fused-ring (bicyclic) bond motifs is 1. The van der Waals surface area contributed by atoms with Gasteiger partial charge in [-0.05, 0) is 37.5 Å². The first kappa shape index (κ1) is 7.85. The van der Waals surface area contributed by atoms with Gasteiger partial charge in [0.1, 0.15) is 11.6 Å². The SMILES string of the molecule is Cc1ccn2c(C3CC3)nc(N)c2c1. The lowest BCUT2D eigenvalue weighted by Crippen LogP contribution is -1.91. The monoisotopic (exact) mass is 187 g/mol. The fourth-order valence-electron chi connectivity index (χ4n) is 1.87. The van der Waals surface area contributed by atoms with Gasteiger partial charge in [-0.3, -0.25) is 0 Å². The molecule has 72 valence electrons. The van der Waals surface area contributed by atoms with E-state index in [0.717, 1.165) is 11.3 Å². The molecule has 0 aromatic carbocycles. The molecule has 0 unspecified atom stereocenters. The molecule has 2 N–H and O–H groups in total. The van der Waals surface area contributed by atoms with Gasteiger partial charge < -0.3 is 10.1 Å². The van der Waals surface area contributed by atoms with Crippen LogP contribution in [0.15, 0.2) is 18.3 Å². The van der Waals surface area contributed by atoms with Gasteiger partial charge in [-0.25, -0.2) is 4.98 Å². The number of nitrogens with two attached hydrogens (primary N) is 1. The summed E-state index contributed by atoms with van der Waals surface area (Å²) in [7, 11) is 0. The second-order valence-electron chi connectivity index (χ2n) is 4.09. The van der Waals surface area contributed by atoms with Gasteiger partial charge in [0.25, 0.3) is 0 Å². The number of hydrogen-bond donors (Lipinski definition) is 1. The summed E-state index contributed by atoms with van der Waals surface area (Å²) in [6.07, 6.45) is 4.58. The third-order valence-electron chi connectivity index (χ3n) is 2.80. The lowest BCUT2D eigenvalue weighted by molar-refractivity contribution is 0.921. The van der Waals surface area contributed by atoms with E-state index in [1.54, 1.807) is 0 Å². The van der Waals surface area contributed by atoms with Crippen molar-refractivity contribution in [1.82, 2.24) is 9.38 Å². The lowest BCUT2D eigenvalue weighted by atomic mass is 10.3. The summed E-state index contributed by atoms with van der Waals surface area (Å²) in [6.45, 7) is 2.07. The van der Waals surface area contributed by atoms with Crippen LogP contribution in [0.2, 0.25) is 0 Å². The van der Waals surface area contributed by atoms with E-state index in [1.807, 2.05) is 0 Å². The fourth-order valence-corrected chi connectivity index (χ4v) is 1.87. The lowest BCUT2D eigenvalue weighted by Gasteiger charge is -1.99. The van der Waals surface area contributed by atoms with E-state index in [4.69, 9.17) is 5.73 Å². The first-order chi connectivity index (χ1) is 6.75. The average Bonchev–Trinajstić information content (AvgIpc) is 2.94. The van der Waals surface area contributed by atoms with Gasteiger partial charge in [0.05, 0.1) is 5.52 Å². The van der Waals surface area contributed by atoms with E-state index < -0.39 is 0 Å². The number of rotatable bonds is 1. The van der Waals surface area contributed by atoms with Gasteiger partial charge in [-0.2, -0.15) is 0 Å². The molecular formula is C11H13N3. The maximum atomic E-state index is 5.88. The van der Waals surface area contributed by atoms with E-state index in [-0.39, 0.29) is 0 Å². The molecule has 1 saturated carbocycles. The zero-order chi connectivity index (χ0) is 9.71. The van der Waals surface area contributed by atoms with Gasteiger partial charge in [-0.15, -0.1) is 0 Å². The maximum absolute atomic E-state index is 5.88. The Hall–Kier alpha value is -1.51. The standard InChI is InChI=1S/C11H13N3/c1-7-4-5-14-9(6-7)10(12)13-11(14)8-2-3-8/h4-6,8H,2-3,12H2,1H3. The molecule has 0 aliphatic heterocycles.